The zero-order valence-corrected chi connectivity index (χ0v) is 12.1. The molecule has 5 nitrogen and oxygen atoms in total. The van der Waals surface area contributed by atoms with Crippen LogP contribution in [-0.4, -0.2) is 37.0 Å². The molecule has 1 aromatic carbocycles. The molecule has 1 aliphatic rings. The first-order valence-electron chi connectivity index (χ1n) is 6.31. The molecule has 1 aromatic rings. The number of carbonyl (C=O) groups excluding carboxylic acids is 2. The second kappa shape index (κ2) is 6.13. The minimum atomic E-state index is -0.565. The number of hydrogen-bond acceptors (Lipinski definition) is 4. The Bertz CT molecular complexity index is 530. The van der Waals surface area contributed by atoms with E-state index in [-0.39, 0.29) is 18.0 Å². The third kappa shape index (κ3) is 3.22. The molecule has 0 radical (unpaired) electrons. The summed E-state index contributed by atoms with van der Waals surface area (Å²) in [4.78, 5) is 22.8. The number of amides is 1. The monoisotopic (exact) mass is 297 g/mol. The van der Waals surface area contributed by atoms with Crippen molar-refractivity contribution in [3.05, 3.63) is 29.3 Å². The van der Waals surface area contributed by atoms with Crippen LogP contribution in [0.15, 0.2) is 18.2 Å². The summed E-state index contributed by atoms with van der Waals surface area (Å²) in [6, 6.07) is 5.16. The zero-order chi connectivity index (χ0) is 14.7. The molecule has 0 bridgehead atoms. The van der Waals surface area contributed by atoms with Crippen molar-refractivity contribution >= 4 is 23.5 Å². The van der Waals surface area contributed by atoms with E-state index in [1.807, 2.05) is 0 Å². The molecule has 1 N–H and O–H groups in total. The molecule has 2 rings (SSSR count). The highest BCUT2D eigenvalue weighted by molar-refractivity contribution is 6.30. The minimum absolute atomic E-state index is 0.141. The summed E-state index contributed by atoms with van der Waals surface area (Å²) < 4.78 is 10.4. The van der Waals surface area contributed by atoms with Crippen molar-refractivity contribution in [1.29, 1.82) is 0 Å². The van der Waals surface area contributed by atoms with Crippen LogP contribution in [0.4, 0.5) is 0 Å². The van der Waals surface area contributed by atoms with Crippen LogP contribution in [0.3, 0.4) is 0 Å². The van der Waals surface area contributed by atoms with Gasteiger partial charge >= 0.3 is 5.97 Å². The highest BCUT2D eigenvalue weighted by Gasteiger charge is 2.25. The van der Waals surface area contributed by atoms with Gasteiger partial charge in [0.2, 0.25) is 5.91 Å². The fourth-order valence-electron chi connectivity index (χ4n) is 2.03. The number of esters is 1. The van der Waals surface area contributed by atoms with Crippen molar-refractivity contribution in [2.75, 3.05) is 13.7 Å². The van der Waals surface area contributed by atoms with Crippen molar-refractivity contribution in [3.8, 4) is 5.75 Å². The molecule has 0 fully saturated rings. The maximum absolute atomic E-state index is 11.5. The molecule has 6 heteroatoms. The minimum Gasteiger partial charge on any atom is -0.488 e. The smallest absolute Gasteiger partial charge is 0.337 e. The summed E-state index contributed by atoms with van der Waals surface area (Å²) in [5.74, 6) is 0.137. The number of rotatable bonds is 4. The Morgan fingerprint density at radius 3 is 2.95 bits per heavy atom. The van der Waals surface area contributed by atoms with E-state index in [2.05, 4.69) is 10.1 Å². The molecular formula is C14H16ClNO4. The van der Waals surface area contributed by atoms with E-state index in [9.17, 15) is 9.59 Å². The second-order valence-electron chi connectivity index (χ2n) is 4.62. The molecule has 0 unspecified atom stereocenters. The van der Waals surface area contributed by atoms with Crippen LogP contribution in [0.5, 0.6) is 5.75 Å². The molecule has 1 heterocycles. The van der Waals surface area contributed by atoms with Crippen LogP contribution >= 0.6 is 11.6 Å². The molecule has 108 valence electrons. The Hall–Kier alpha value is -1.75. The van der Waals surface area contributed by atoms with Gasteiger partial charge in [-0.25, -0.2) is 4.79 Å². The van der Waals surface area contributed by atoms with Gasteiger partial charge in [0.1, 0.15) is 17.2 Å². The largest absolute Gasteiger partial charge is 0.488 e. The summed E-state index contributed by atoms with van der Waals surface area (Å²) in [7, 11) is 1.34. The Labute approximate surface area is 122 Å². The van der Waals surface area contributed by atoms with E-state index in [1.165, 1.54) is 7.11 Å². The first kappa shape index (κ1) is 14.7. The lowest BCUT2D eigenvalue weighted by Gasteiger charge is -2.12. The maximum atomic E-state index is 11.5. The van der Waals surface area contributed by atoms with Gasteiger partial charge in [0.05, 0.1) is 19.2 Å². The average molecular weight is 298 g/mol. The van der Waals surface area contributed by atoms with Crippen molar-refractivity contribution in [1.82, 2.24) is 5.32 Å². The van der Waals surface area contributed by atoms with Crippen molar-refractivity contribution < 1.29 is 19.1 Å². The molecule has 1 amide bonds. The molecular weight excluding hydrogens is 282 g/mol. The normalized spacial score (nSPS) is 17.9. The predicted molar refractivity (Wildman–Crippen MR) is 74.2 cm³/mol. The summed E-state index contributed by atoms with van der Waals surface area (Å²) >= 11 is 5.67. The lowest BCUT2D eigenvalue weighted by molar-refractivity contribution is -0.120. The van der Waals surface area contributed by atoms with E-state index >= 15 is 0 Å². The number of methoxy groups -OCH3 is 1. The van der Waals surface area contributed by atoms with Gasteiger partial charge in [-0.1, -0.05) is 0 Å². The van der Waals surface area contributed by atoms with Gasteiger partial charge in [-0.3, -0.25) is 4.79 Å². The van der Waals surface area contributed by atoms with E-state index in [0.29, 0.717) is 18.5 Å². The molecule has 0 aliphatic carbocycles. The lowest BCUT2D eigenvalue weighted by Crippen LogP contribution is -2.37. The molecule has 0 spiro atoms. The molecule has 0 saturated heterocycles. The van der Waals surface area contributed by atoms with E-state index in [1.54, 1.807) is 25.1 Å². The van der Waals surface area contributed by atoms with Crippen LogP contribution in [0.2, 0.25) is 0 Å². The number of carbonyl (C=O) groups is 2. The SMILES string of the molecule is COC(=O)c1ccc2c(c1)C[C@@H](CNC(=O)[C@H](C)Cl)O2. The quantitative estimate of drug-likeness (QED) is 0.676. The van der Waals surface area contributed by atoms with Gasteiger partial charge in [-0.2, -0.15) is 0 Å². The first-order valence-corrected chi connectivity index (χ1v) is 6.74. The molecule has 0 aromatic heterocycles. The first-order chi connectivity index (χ1) is 9.51. The number of ether oxygens (including phenoxy) is 2. The molecule has 1 aliphatic heterocycles. The fraction of sp³-hybridized carbons (Fsp3) is 0.429. The molecule has 0 saturated carbocycles. The standard InChI is InChI=1S/C14H16ClNO4/c1-8(15)13(17)16-7-11-6-10-5-9(14(18)19-2)3-4-12(10)20-11/h3-5,8,11H,6-7H2,1-2H3,(H,16,17)/t8-,11-/m0/s1. The Balaban J connectivity index is 1.97. The number of hydrogen-bond donors (Lipinski definition) is 1. The molecule has 20 heavy (non-hydrogen) atoms. The van der Waals surface area contributed by atoms with Crippen LogP contribution in [-0.2, 0) is 16.0 Å². The van der Waals surface area contributed by atoms with E-state index in [0.717, 1.165) is 11.3 Å². The topological polar surface area (TPSA) is 64.6 Å². The van der Waals surface area contributed by atoms with Crippen LogP contribution in [0.1, 0.15) is 22.8 Å². The summed E-state index contributed by atoms with van der Waals surface area (Å²) in [6.07, 6.45) is 0.495. The van der Waals surface area contributed by atoms with Gasteiger partial charge in [-0.05, 0) is 30.7 Å². The van der Waals surface area contributed by atoms with Gasteiger partial charge in [-0.15, -0.1) is 11.6 Å². The fourth-order valence-corrected chi connectivity index (χ4v) is 2.11. The predicted octanol–water partition coefficient (Wildman–Crippen LogP) is 1.52. The second-order valence-corrected chi connectivity index (χ2v) is 5.27. The number of halogens is 1. The number of fused-ring (bicyclic) bond motifs is 1. The van der Waals surface area contributed by atoms with Crippen LogP contribution in [0.25, 0.3) is 0 Å². The number of alkyl halides is 1. The Morgan fingerprint density at radius 1 is 1.55 bits per heavy atom. The van der Waals surface area contributed by atoms with E-state index < -0.39 is 5.38 Å². The summed E-state index contributed by atoms with van der Waals surface area (Å²) in [5.41, 5.74) is 1.43. The Morgan fingerprint density at radius 2 is 2.30 bits per heavy atom. The van der Waals surface area contributed by atoms with Crippen molar-refractivity contribution in [3.63, 3.8) is 0 Å². The summed E-state index contributed by atoms with van der Waals surface area (Å²) in [6.45, 7) is 2.00. The Kier molecular flexibility index (Phi) is 4.49. The third-order valence-corrected chi connectivity index (χ3v) is 3.29. The highest BCUT2D eigenvalue weighted by Crippen LogP contribution is 2.29. The highest BCUT2D eigenvalue weighted by atomic mass is 35.5. The number of benzene rings is 1. The van der Waals surface area contributed by atoms with Crippen LogP contribution in [0, 0.1) is 0 Å². The average Bonchev–Trinajstić information content (AvgIpc) is 2.85. The van der Waals surface area contributed by atoms with Gasteiger partial charge in [0, 0.05) is 6.42 Å². The zero-order valence-electron chi connectivity index (χ0n) is 11.3. The van der Waals surface area contributed by atoms with Crippen LogP contribution < -0.4 is 10.1 Å². The van der Waals surface area contributed by atoms with Gasteiger partial charge in [0.25, 0.3) is 0 Å². The van der Waals surface area contributed by atoms with Gasteiger partial charge < -0.3 is 14.8 Å². The lowest BCUT2D eigenvalue weighted by atomic mass is 10.1. The maximum Gasteiger partial charge on any atom is 0.337 e. The van der Waals surface area contributed by atoms with Crippen molar-refractivity contribution in [2.24, 2.45) is 0 Å². The third-order valence-electron chi connectivity index (χ3n) is 3.09. The summed E-state index contributed by atoms with van der Waals surface area (Å²) in [5, 5.41) is 2.15. The van der Waals surface area contributed by atoms with Gasteiger partial charge in [0.15, 0.2) is 0 Å². The number of nitrogens with one attached hydrogen (secondary N) is 1. The molecule has 2 atom stereocenters. The van der Waals surface area contributed by atoms with Crippen molar-refractivity contribution in [2.45, 2.75) is 24.8 Å². The van der Waals surface area contributed by atoms with E-state index in [4.69, 9.17) is 16.3 Å².